The van der Waals surface area contributed by atoms with Crippen molar-refractivity contribution >= 4 is 0 Å². The summed E-state index contributed by atoms with van der Waals surface area (Å²) in [6.45, 7) is 8.40. The predicted molar refractivity (Wildman–Crippen MR) is 73.6 cm³/mol. The van der Waals surface area contributed by atoms with Gasteiger partial charge in [0, 0.05) is 6.04 Å². The fourth-order valence-electron chi connectivity index (χ4n) is 1.86. The van der Waals surface area contributed by atoms with E-state index in [2.05, 4.69) is 44.3 Å². The Bertz CT molecular complexity index is 312. The molecule has 2 nitrogen and oxygen atoms in total. The van der Waals surface area contributed by atoms with E-state index in [1.807, 2.05) is 6.07 Å². The van der Waals surface area contributed by atoms with Crippen molar-refractivity contribution in [2.75, 3.05) is 13.2 Å². The van der Waals surface area contributed by atoms with E-state index in [0.29, 0.717) is 6.04 Å². The van der Waals surface area contributed by atoms with Gasteiger partial charge < -0.3 is 10.1 Å². The van der Waals surface area contributed by atoms with Gasteiger partial charge in [-0.25, -0.2) is 0 Å². The summed E-state index contributed by atoms with van der Waals surface area (Å²) < 4.78 is 5.67. The molecule has 0 bridgehead atoms. The van der Waals surface area contributed by atoms with E-state index in [1.165, 1.54) is 12.0 Å². The Morgan fingerprint density at radius 1 is 1.18 bits per heavy atom. The molecule has 1 unspecified atom stereocenters. The molecule has 0 spiro atoms. The number of ether oxygens (including phenoxy) is 1. The van der Waals surface area contributed by atoms with Crippen molar-refractivity contribution < 1.29 is 4.74 Å². The van der Waals surface area contributed by atoms with Gasteiger partial charge in [0.05, 0.1) is 6.61 Å². The summed E-state index contributed by atoms with van der Waals surface area (Å²) in [4.78, 5) is 0. The summed E-state index contributed by atoms with van der Waals surface area (Å²) in [5, 5.41) is 3.56. The zero-order valence-electron chi connectivity index (χ0n) is 11.3. The Kier molecular flexibility index (Phi) is 6.71. The highest BCUT2D eigenvalue weighted by Crippen LogP contribution is 2.21. The second-order valence-corrected chi connectivity index (χ2v) is 4.34. The first-order valence-electron chi connectivity index (χ1n) is 6.77. The van der Waals surface area contributed by atoms with Crippen LogP contribution in [0.15, 0.2) is 24.3 Å². The first-order chi connectivity index (χ1) is 8.31. The lowest BCUT2D eigenvalue weighted by molar-refractivity contribution is 0.316. The van der Waals surface area contributed by atoms with Crippen molar-refractivity contribution in [1.29, 1.82) is 0 Å². The third-order valence-electron chi connectivity index (χ3n) is 2.78. The first-order valence-corrected chi connectivity index (χ1v) is 6.77. The van der Waals surface area contributed by atoms with E-state index >= 15 is 0 Å². The van der Waals surface area contributed by atoms with Gasteiger partial charge in [-0.3, -0.25) is 0 Å². The van der Waals surface area contributed by atoms with Crippen LogP contribution in [0.5, 0.6) is 5.75 Å². The van der Waals surface area contributed by atoms with Gasteiger partial charge >= 0.3 is 0 Å². The Morgan fingerprint density at radius 2 is 2.00 bits per heavy atom. The van der Waals surface area contributed by atoms with Crippen LogP contribution < -0.4 is 10.1 Å². The molecule has 96 valence electrons. The van der Waals surface area contributed by atoms with Crippen LogP contribution in [0.3, 0.4) is 0 Å². The molecule has 0 heterocycles. The molecule has 0 radical (unpaired) electrons. The summed E-state index contributed by atoms with van der Waals surface area (Å²) >= 11 is 0. The minimum Gasteiger partial charge on any atom is -0.494 e. The zero-order valence-corrected chi connectivity index (χ0v) is 11.3. The maximum atomic E-state index is 5.67. The highest BCUT2D eigenvalue weighted by molar-refractivity contribution is 5.30. The van der Waals surface area contributed by atoms with E-state index in [4.69, 9.17) is 4.74 Å². The van der Waals surface area contributed by atoms with Crippen LogP contribution >= 0.6 is 0 Å². The number of hydrogen-bond donors (Lipinski definition) is 1. The fraction of sp³-hybridized carbons (Fsp3) is 0.600. The molecule has 2 heteroatoms. The topological polar surface area (TPSA) is 21.3 Å². The van der Waals surface area contributed by atoms with Crippen molar-refractivity contribution in [2.45, 2.75) is 46.1 Å². The molecule has 0 aliphatic carbocycles. The molecule has 0 fully saturated rings. The molecule has 0 saturated heterocycles. The van der Waals surface area contributed by atoms with E-state index in [-0.39, 0.29) is 0 Å². The zero-order chi connectivity index (χ0) is 12.5. The summed E-state index contributed by atoms with van der Waals surface area (Å²) in [6, 6.07) is 8.89. The van der Waals surface area contributed by atoms with Gasteiger partial charge in [-0.05, 0) is 43.5 Å². The molecule has 0 amide bonds. The van der Waals surface area contributed by atoms with Crippen LogP contribution in [-0.2, 0) is 0 Å². The van der Waals surface area contributed by atoms with Gasteiger partial charge in [0.15, 0.2) is 0 Å². The molecule has 1 rings (SSSR count). The molecular formula is C15H25NO. The Labute approximate surface area is 105 Å². The minimum atomic E-state index is 0.445. The molecule has 1 aromatic rings. The van der Waals surface area contributed by atoms with Crippen molar-refractivity contribution in [3.8, 4) is 5.75 Å². The molecular weight excluding hydrogens is 210 g/mol. The number of benzene rings is 1. The monoisotopic (exact) mass is 235 g/mol. The van der Waals surface area contributed by atoms with Crippen LogP contribution in [0, 0.1) is 0 Å². The molecule has 1 N–H and O–H groups in total. The quantitative estimate of drug-likeness (QED) is 0.737. The largest absolute Gasteiger partial charge is 0.494 e. The highest BCUT2D eigenvalue weighted by Gasteiger charge is 2.08. The SMILES string of the molecule is CCCNC(CC)c1cccc(OCCC)c1. The highest BCUT2D eigenvalue weighted by atomic mass is 16.5. The minimum absolute atomic E-state index is 0.445. The average molecular weight is 235 g/mol. The average Bonchev–Trinajstić information content (AvgIpc) is 2.38. The van der Waals surface area contributed by atoms with Crippen molar-refractivity contribution in [3.63, 3.8) is 0 Å². The molecule has 1 aromatic carbocycles. The van der Waals surface area contributed by atoms with Crippen molar-refractivity contribution in [3.05, 3.63) is 29.8 Å². The van der Waals surface area contributed by atoms with Crippen LogP contribution in [0.1, 0.15) is 51.6 Å². The second-order valence-electron chi connectivity index (χ2n) is 4.34. The van der Waals surface area contributed by atoms with Crippen LogP contribution in [-0.4, -0.2) is 13.2 Å². The maximum absolute atomic E-state index is 5.67. The van der Waals surface area contributed by atoms with E-state index < -0.39 is 0 Å². The Hall–Kier alpha value is -1.02. The normalized spacial score (nSPS) is 12.4. The lowest BCUT2D eigenvalue weighted by atomic mass is 10.0. The third kappa shape index (κ3) is 4.78. The van der Waals surface area contributed by atoms with Gasteiger partial charge in [0.25, 0.3) is 0 Å². The van der Waals surface area contributed by atoms with Gasteiger partial charge in [-0.15, -0.1) is 0 Å². The second kappa shape index (κ2) is 8.13. The van der Waals surface area contributed by atoms with Crippen molar-refractivity contribution in [2.24, 2.45) is 0 Å². The summed E-state index contributed by atoms with van der Waals surface area (Å²) in [5.74, 6) is 0.987. The van der Waals surface area contributed by atoms with Gasteiger partial charge in [0.2, 0.25) is 0 Å². The Balaban J connectivity index is 2.66. The van der Waals surface area contributed by atoms with Crippen molar-refractivity contribution in [1.82, 2.24) is 5.32 Å². The molecule has 0 aliphatic rings. The van der Waals surface area contributed by atoms with E-state index in [1.54, 1.807) is 0 Å². The predicted octanol–water partition coefficient (Wildman–Crippen LogP) is 3.93. The lowest BCUT2D eigenvalue weighted by Gasteiger charge is -2.18. The number of nitrogens with one attached hydrogen (secondary N) is 1. The van der Waals surface area contributed by atoms with Crippen LogP contribution in [0.4, 0.5) is 0 Å². The van der Waals surface area contributed by atoms with E-state index in [9.17, 15) is 0 Å². The Morgan fingerprint density at radius 3 is 2.65 bits per heavy atom. The maximum Gasteiger partial charge on any atom is 0.119 e. The molecule has 1 atom stereocenters. The number of rotatable bonds is 8. The molecule has 0 saturated carbocycles. The molecule has 0 aromatic heterocycles. The summed E-state index contributed by atoms with van der Waals surface area (Å²) in [7, 11) is 0. The van der Waals surface area contributed by atoms with Gasteiger partial charge in [-0.1, -0.05) is 32.9 Å². The lowest BCUT2D eigenvalue weighted by Crippen LogP contribution is -2.21. The van der Waals surface area contributed by atoms with E-state index in [0.717, 1.165) is 31.7 Å². The number of hydrogen-bond acceptors (Lipinski definition) is 2. The smallest absolute Gasteiger partial charge is 0.119 e. The van der Waals surface area contributed by atoms with Gasteiger partial charge in [-0.2, -0.15) is 0 Å². The third-order valence-corrected chi connectivity index (χ3v) is 2.78. The first kappa shape index (κ1) is 14.0. The van der Waals surface area contributed by atoms with Crippen LogP contribution in [0.25, 0.3) is 0 Å². The molecule has 17 heavy (non-hydrogen) atoms. The molecule has 0 aliphatic heterocycles. The van der Waals surface area contributed by atoms with Gasteiger partial charge in [0.1, 0.15) is 5.75 Å². The summed E-state index contributed by atoms with van der Waals surface area (Å²) in [5.41, 5.74) is 1.33. The fourth-order valence-corrected chi connectivity index (χ4v) is 1.86. The van der Waals surface area contributed by atoms with Crippen LogP contribution in [0.2, 0.25) is 0 Å². The standard InChI is InChI=1S/C15H25NO/c1-4-10-16-15(6-3)13-8-7-9-14(12-13)17-11-5-2/h7-9,12,15-16H,4-6,10-11H2,1-3H3. The summed E-state index contributed by atoms with van der Waals surface area (Å²) in [6.07, 6.45) is 3.33.